The van der Waals surface area contributed by atoms with Crippen LogP contribution in [0.2, 0.25) is 0 Å². The van der Waals surface area contributed by atoms with Gasteiger partial charge in [0.2, 0.25) is 0 Å². The Morgan fingerprint density at radius 3 is 1.19 bits per heavy atom. The summed E-state index contributed by atoms with van der Waals surface area (Å²) in [6.45, 7) is 8.77. The minimum absolute atomic E-state index is 0.186. The second-order valence-electron chi connectivity index (χ2n) is 14.3. The molecule has 0 saturated carbocycles. The summed E-state index contributed by atoms with van der Waals surface area (Å²) in [5, 5.41) is 7.88. The molecule has 4 nitrogen and oxygen atoms in total. The summed E-state index contributed by atoms with van der Waals surface area (Å²) in [6, 6.07) is 30.0. The van der Waals surface area contributed by atoms with Crippen molar-refractivity contribution < 1.29 is 19.1 Å². The summed E-state index contributed by atoms with van der Waals surface area (Å²) >= 11 is 0. The molecule has 0 N–H and O–H groups in total. The molecule has 6 aromatic rings. The van der Waals surface area contributed by atoms with Gasteiger partial charge in [0.1, 0.15) is 11.5 Å². The summed E-state index contributed by atoms with van der Waals surface area (Å²) < 4.78 is 12.7. The number of esters is 2. The Morgan fingerprint density at radius 1 is 0.423 bits per heavy atom. The van der Waals surface area contributed by atoms with E-state index in [4.69, 9.17) is 9.47 Å². The lowest BCUT2D eigenvalue weighted by Gasteiger charge is -2.22. The molecule has 0 unspecified atom stereocenters. The maximum atomic E-state index is 13.4. The van der Waals surface area contributed by atoms with Crippen LogP contribution in [0.25, 0.3) is 54.2 Å². The van der Waals surface area contributed by atoms with E-state index in [9.17, 15) is 9.59 Å². The fourth-order valence-electron chi connectivity index (χ4n) is 7.74. The first kappa shape index (κ1) is 37.1. The van der Waals surface area contributed by atoms with E-state index in [2.05, 4.69) is 100 Å². The number of benzene rings is 6. The number of hydrogen-bond donors (Lipinski definition) is 0. The van der Waals surface area contributed by atoms with Gasteiger partial charge in [-0.1, -0.05) is 164 Å². The van der Waals surface area contributed by atoms with Crippen LogP contribution in [-0.2, 0) is 22.4 Å². The molecule has 0 saturated heterocycles. The van der Waals surface area contributed by atoms with Crippen LogP contribution in [0.3, 0.4) is 0 Å². The molecule has 0 spiro atoms. The van der Waals surface area contributed by atoms with Crippen LogP contribution < -0.4 is 9.47 Å². The monoisotopic (exact) mass is 694 g/mol. The lowest BCUT2D eigenvalue weighted by atomic mass is 9.84. The van der Waals surface area contributed by atoms with E-state index in [1.165, 1.54) is 11.1 Å². The zero-order valence-corrected chi connectivity index (χ0v) is 31.6. The molecule has 0 aliphatic carbocycles. The number of hydrogen-bond acceptors (Lipinski definition) is 4. The maximum Gasteiger partial charge on any atom is 0.311 e. The Labute approximate surface area is 309 Å². The number of ether oxygens (including phenoxy) is 2. The summed E-state index contributed by atoms with van der Waals surface area (Å²) in [6.07, 6.45) is 12.9. The molecular weight excluding hydrogens is 641 g/mol. The second kappa shape index (κ2) is 17.7. The lowest BCUT2D eigenvalue weighted by Crippen LogP contribution is -2.09. The molecular formula is C48H54O4. The minimum atomic E-state index is -0.186. The van der Waals surface area contributed by atoms with E-state index in [1.807, 2.05) is 12.1 Å². The minimum Gasteiger partial charge on any atom is -0.425 e. The lowest BCUT2D eigenvalue weighted by molar-refractivity contribution is -0.135. The smallest absolute Gasteiger partial charge is 0.311 e. The average Bonchev–Trinajstić information content (AvgIpc) is 3.16. The Kier molecular flexibility index (Phi) is 12.6. The SMILES string of the molecule is CCCCCCC(=O)Oc1c2ccccc2c(-c2c3ccccc3c(OC(=O)CCCCCC)c3ccc(CCC)cc23)c2cc(CCC)ccc12. The molecule has 0 bridgehead atoms. The molecule has 6 aromatic carbocycles. The van der Waals surface area contributed by atoms with Crippen LogP contribution in [-0.4, -0.2) is 11.9 Å². The topological polar surface area (TPSA) is 52.6 Å². The maximum absolute atomic E-state index is 13.4. The predicted octanol–water partition coefficient (Wildman–Crippen LogP) is 13.6. The fraction of sp³-hybridized carbons (Fsp3) is 0.375. The quantitative estimate of drug-likeness (QED) is 0.0413. The zero-order chi connectivity index (χ0) is 36.5. The van der Waals surface area contributed by atoms with Crippen molar-refractivity contribution in [3.05, 3.63) is 96.1 Å². The highest BCUT2D eigenvalue weighted by Crippen LogP contribution is 2.50. The van der Waals surface area contributed by atoms with Gasteiger partial charge < -0.3 is 9.47 Å². The summed E-state index contributed by atoms with van der Waals surface area (Å²) in [4.78, 5) is 26.8. The third-order valence-corrected chi connectivity index (χ3v) is 10.3. The van der Waals surface area contributed by atoms with Crippen molar-refractivity contribution in [3.8, 4) is 22.6 Å². The van der Waals surface area contributed by atoms with E-state index in [0.29, 0.717) is 24.3 Å². The van der Waals surface area contributed by atoms with Crippen molar-refractivity contribution in [1.29, 1.82) is 0 Å². The van der Waals surface area contributed by atoms with E-state index in [0.717, 1.165) is 131 Å². The number of fused-ring (bicyclic) bond motifs is 4. The van der Waals surface area contributed by atoms with Gasteiger partial charge in [0.15, 0.2) is 0 Å². The van der Waals surface area contributed by atoms with E-state index in [1.54, 1.807) is 0 Å². The largest absolute Gasteiger partial charge is 0.425 e. The number of carbonyl (C=O) groups is 2. The van der Waals surface area contributed by atoms with Gasteiger partial charge in [0.05, 0.1) is 0 Å². The first-order chi connectivity index (χ1) is 25.5. The van der Waals surface area contributed by atoms with Crippen LogP contribution in [0.1, 0.15) is 116 Å². The highest BCUT2D eigenvalue weighted by molar-refractivity contribution is 6.27. The molecule has 270 valence electrons. The number of rotatable bonds is 17. The van der Waals surface area contributed by atoms with Crippen molar-refractivity contribution in [3.63, 3.8) is 0 Å². The van der Waals surface area contributed by atoms with Crippen molar-refractivity contribution >= 4 is 55.0 Å². The number of unbranched alkanes of at least 4 members (excludes halogenated alkanes) is 6. The molecule has 52 heavy (non-hydrogen) atoms. The van der Waals surface area contributed by atoms with Crippen molar-refractivity contribution in [2.24, 2.45) is 0 Å². The Hall–Kier alpha value is -4.70. The standard InChI is InChI=1S/C48H54O4/c1-5-9-11-13-25-43(49)51-47-37-23-17-15-21-35(37)45(41-31-33(19-7-3)27-29-39(41)47)46-36-22-16-18-24-38(36)48(52-44(50)26-14-12-10-6-2)40-30-28-34(20-8-4)32-42(40)46/h15-18,21-24,27-32H,5-14,19-20,25-26H2,1-4H3. The molecule has 0 amide bonds. The Morgan fingerprint density at radius 2 is 0.808 bits per heavy atom. The molecule has 0 fully saturated rings. The van der Waals surface area contributed by atoms with Gasteiger partial charge in [0, 0.05) is 34.4 Å². The highest BCUT2D eigenvalue weighted by Gasteiger charge is 2.24. The first-order valence-electron chi connectivity index (χ1n) is 19.8. The van der Waals surface area contributed by atoms with E-state index < -0.39 is 0 Å². The summed E-state index contributed by atoms with van der Waals surface area (Å²) in [5.74, 6) is 0.890. The predicted molar refractivity (Wildman–Crippen MR) is 219 cm³/mol. The average molecular weight is 695 g/mol. The molecule has 0 atom stereocenters. The van der Waals surface area contributed by atoms with Gasteiger partial charge in [-0.15, -0.1) is 0 Å². The van der Waals surface area contributed by atoms with Crippen LogP contribution >= 0.6 is 0 Å². The molecule has 4 heteroatoms. The number of aryl methyl sites for hydroxylation is 2. The second-order valence-corrected chi connectivity index (χ2v) is 14.3. The van der Waals surface area contributed by atoms with Gasteiger partial charge in [-0.3, -0.25) is 9.59 Å². The first-order valence-corrected chi connectivity index (χ1v) is 19.8. The van der Waals surface area contributed by atoms with Crippen molar-refractivity contribution in [1.82, 2.24) is 0 Å². The van der Waals surface area contributed by atoms with Gasteiger partial charge >= 0.3 is 11.9 Å². The van der Waals surface area contributed by atoms with Crippen LogP contribution in [0.4, 0.5) is 0 Å². The Balaban J connectivity index is 1.65. The molecule has 6 rings (SSSR count). The van der Waals surface area contributed by atoms with Gasteiger partial charge in [-0.2, -0.15) is 0 Å². The van der Waals surface area contributed by atoms with Gasteiger partial charge in [-0.05, 0) is 69.5 Å². The fourth-order valence-corrected chi connectivity index (χ4v) is 7.74. The normalized spacial score (nSPS) is 11.5. The molecule has 0 heterocycles. The van der Waals surface area contributed by atoms with Crippen LogP contribution in [0.15, 0.2) is 84.9 Å². The highest BCUT2D eigenvalue weighted by atomic mass is 16.5. The third kappa shape index (κ3) is 8.02. The van der Waals surface area contributed by atoms with Crippen molar-refractivity contribution in [2.45, 2.75) is 118 Å². The molecule has 0 aliphatic rings. The van der Waals surface area contributed by atoms with Gasteiger partial charge in [-0.25, -0.2) is 0 Å². The van der Waals surface area contributed by atoms with Crippen LogP contribution in [0, 0.1) is 0 Å². The van der Waals surface area contributed by atoms with Crippen LogP contribution in [0.5, 0.6) is 11.5 Å². The van der Waals surface area contributed by atoms with Crippen molar-refractivity contribution in [2.75, 3.05) is 0 Å². The molecule has 0 aromatic heterocycles. The summed E-state index contributed by atoms with van der Waals surface area (Å²) in [5.41, 5.74) is 4.71. The number of carbonyl (C=O) groups excluding carboxylic acids is 2. The molecule has 0 radical (unpaired) electrons. The Bertz CT molecular complexity index is 2040. The third-order valence-electron chi connectivity index (χ3n) is 10.3. The van der Waals surface area contributed by atoms with E-state index >= 15 is 0 Å². The zero-order valence-electron chi connectivity index (χ0n) is 31.6. The summed E-state index contributed by atoms with van der Waals surface area (Å²) in [7, 11) is 0. The molecule has 0 aliphatic heterocycles. The van der Waals surface area contributed by atoms with Gasteiger partial charge in [0.25, 0.3) is 0 Å². The van der Waals surface area contributed by atoms with E-state index in [-0.39, 0.29) is 11.9 Å².